The highest BCUT2D eigenvalue weighted by Crippen LogP contribution is 2.38. The molecule has 1 aliphatic carbocycles. The number of nitrogens with zero attached hydrogens (tertiary/aromatic N) is 1. The number of fused-ring (bicyclic) bond motifs is 1. The Kier molecular flexibility index (Phi) is 4.36. The number of carbonyl (C=O) groups excluding carboxylic acids is 1. The van der Waals surface area contributed by atoms with Crippen LogP contribution in [0.25, 0.3) is 0 Å². The van der Waals surface area contributed by atoms with Crippen molar-refractivity contribution < 1.29 is 14.7 Å². The first-order valence-electron chi connectivity index (χ1n) is 6.32. The van der Waals surface area contributed by atoms with Gasteiger partial charge in [0, 0.05) is 17.8 Å². The molecule has 0 bridgehead atoms. The number of nitrogens with two attached hydrogens (primary N) is 1. The first-order chi connectivity index (χ1) is 9.08. The van der Waals surface area contributed by atoms with Crippen LogP contribution >= 0.6 is 11.3 Å². The Labute approximate surface area is 115 Å². The van der Waals surface area contributed by atoms with E-state index in [1.165, 1.54) is 11.3 Å². The Morgan fingerprint density at radius 2 is 2.26 bits per heavy atom. The molecule has 0 spiro atoms. The number of thiazole rings is 1. The molecule has 0 saturated heterocycles. The van der Waals surface area contributed by atoms with Crippen LogP contribution in [0.15, 0.2) is 0 Å². The molecule has 1 aromatic heterocycles. The van der Waals surface area contributed by atoms with Gasteiger partial charge in [0.25, 0.3) is 0 Å². The Hall–Kier alpha value is -1.63. The molecule has 0 fully saturated rings. The average Bonchev–Trinajstić information content (AvgIpc) is 2.86. The van der Waals surface area contributed by atoms with Crippen molar-refractivity contribution in [2.45, 2.75) is 38.0 Å². The third-order valence-corrected chi connectivity index (χ3v) is 4.23. The molecular formula is C12H17N3O3S. The minimum atomic E-state index is -0.794. The van der Waals surface area contributed by atoms with Crippen LogP contribution in [0.4, 0.5) is 5.13 Å². The van der Waals surface area contributed by atoms with E-state index >= 15 is 0 Å². The van der Waals surface area contributed by atoms with Gasteiger partial charge in [0.15, 0.2) is 5.13 Å². The fraction of sp³-hybridized carbons (Fsp3) is 0.583. The van der Waals surface area contributed by atoms with Crippen molar-refractivity contribution in [2.75, 3.05) is 11.9 Å². The number of aryl methyl sites for hydroxylation is 1. The minimum absolute atomic E-state index is 0.280. The van der Waals surface area contributed by atoms with Crippen LogP contribution in [0.1, 0.15) is 42.2 Å². The number of carboxylic acid groups (broad SMARTS) is 1. The number of aromatic nitrogens is 1. The van der Waals surface area contributed by atoms with Gasteiger partial charge >= 0.3 is 5.97 Å². The summed E-state index contributed by atoms with van der Waals surface area (Å²) in [5.74, 6) is -1.52. The van der Waals surface area contributed by atoms with E-state index in [1.54, 1.807) is 0 Å². The highest BCUT2D eigenvalue weighted by atomic mass is 32.1. The normalized spacial score (nSPS) is 17.2. The summed E-state index contributed by atoms with van der Waals surface area (Å²) < 4.78 is 0. The Bertz CT molecular complexity index is 487. The molecule has 1 amide bonds. The number of carbonyl (C=O) groups is 2. The van der Waals surface area contributed by atoms with Crippen molar-refractivity contribution in [3.63, 3.8) is 0 Å². The van der Waals surface area contributed by atoms with Gasteiger partial charge in [-0.05, 0) is 25.7 Å². The van der Waals surface area contributed by atoms with Crippen molar-refractivity contribution in [3.8, 4) is 0 Å². The summed E-state index contributed by atoms with van der Waals surface area (Å²) in [5.41, 5.74) is 5.77. The maximum atomic E-state index is 11.0. The molecule has 0 saturated carbocycles. The van der Waals surface area contributed by atoms with E-state index in [0.29, 0.717) is 12.8 Å². The molecule has 0 aliphatic heterocycles. The Morgan fingerprint density at radius 1 is 1.47 bits per heavy atom. The smallest absolute Gasteiger partial charge is 0.312 e. The zero-order chi connectivity index (χ0) is 13.8. The van der Waals surface area contributed by atoms with Gasteiger partial charge in [-0.25, -0.2) is 4.98 Å². The van der Waals surface area contributed by atoms with Gasteiger partial charge in [-0.3, -0.25) is 9.59 Å². The summed E-state index contributed by atoms with van der Waals surface area (Å²) in [5, 5.41) is 13.0. The van der Waals surface area contributed by atoms with E-state index in [0.717, 1.165) is 41.5 Å². The topological polar surface area (TPSA) is 105 Å². The fourth-order valence-corrected chi connectivity index (χ4v) is 3.23. The van der Waals surface area contributed by atoms with Crippen molar-refractivity contribution in [3.05, 3.63) is 10.6 Å². The molecule has 1 heterocycles. The largest absolute Gasteiger partial charge is 0.481 e. The predicted octanol–water partition coefficient (Wildman–Crippen LogP) is 1.32. The lowest BCUT2D eigenvalue weighted by Crippen LogP contribution is -2.11. The Balaban J connectivity index is 1.82. The third-order valence-electron chi connectivity index (χ3n) is 3.14. The van der Waals surface area contributed by atoms with Gasteiger partial charge in [-0.1, -0.05) is 0 Å². The molecule has 19 heavy (non-hydrogen) atoms. The second-order valence-corrected chi connectivity index (χ2v) is 5.69. The highest BCUT2D eigenvalue weighted by Gasteiger charge is 2.32. The summed E-state index contributed by atoms with van der Waals surface area (Å²) in [6.45, 7) is 0.720. The number of hydrogen-bond acceptors (Lipinski definition) is 5. The molecule has 6 nitrogen and oxygen atoms in total. The van der Waals surface area contributed by atoms with Crippen LogP contribution in [0.3, 0.4) is 0 Å². The number of nitrogens with one attached hydrogen (secondary N) is 1. The number of hydrogen-bond donors (Lipinski definition) is 3. The lowest BCUT2D eigenvalue weighted by molar-refractivity contribution is -0.138. The highest BCUT2D eigenvalue weighted by molar-refractivity contribution is 7.15. The van der Waals surface area contributed by atoms with E-state index in [2.05, 4.69) is 10.3 Å². The van der Waals surface area contributed by atoms with Gasteiger partial charge < -0.3 is 16.2 Å². The number of amides is 1. The van der Waals surface area contributed by atoms with Crippen molar-refractivity contribution >= 4 is 28.3 Å². The minimum Gasteiger partial charge on any atom is -0.481 e. The van der Waals surface area contributed by atoms with Gasteiger partial charge in [0.2, 0.25) is 5.91 Å². The van der Waals surface area contributed by atoms with E-state index in [9.17, 15) is 9.59 Å². The summed E-state index contributed by atoms with van der Waals surface area (Å²) in [6.07, 6.45) is 3.45. The second-order valence-electron chi connectivity index (χ2n) is 4.61. The first-order valence-corrected chi connectivity index (χ1v) is 7.14. The predicted molar refractivity (Wildman–Crippen MR) is 72.3 cm³/mol. The van der Waals surface area contributed by atoms with Crippen molar-refractivity contribution in [1.82, 2.24) is 4.98 Å². The molecular weight excluding hydrogens is 266 g/mol. The molecule has 1 atom stereocenters. The molecule has 4 N–H and O–H groups in total. The van der Waals surface area contributed by atoms with Gasteiger partial charge in [0.1, 0.15) is 5.92 Å². The van der Waals surface area contributed by atoms with E-state index < -0.39 is 11.9 Å². The van der Waals surface area contributed by atoms with Crippen LogP contribution in [-0.2, 0) is 16.0 Å². The van der Waals surface area contributed by atoms with E-state index in [4.69, 9.17) is 10.8 Å². The molecule has 1 unspecified atom stereocenters. The van der Waals surface area contributed by atoms with Gasteiger partial charge in [-0.2, -0.15) is 0 Å². The maximum Gasteiger partial charge on any atom is 0.312 e. The van der Waals surface area contributed by atoms with Crippen LogP contribution in [0, 0.1) is 0 Å². The van der Waals surface area contributed by atoms with Crippen LogP contribution in [0.5, 0.6) is 0 Å². The number of carboxylic acids is 1. The first kappa shape index (κ1) is 13.8. The number of anilines is 1. The summed E-state index contributed by atoms with van der Waals surface area (Å²) >= 11 is 1.53. The maximum absolute atomic E-state index is 11.0. The zero-order valence-electron chi connectivity index (χ0n) is 10.5. The van der Waals surface area contributed by atoms with Gasteiger partial charge in [0.05, 0.1) is 5.69 Å². The van der Waals surface area contributed by atoms with E-state index in [1.807, 2.05) is 0 Å². The van der Waals surface area contributed by atoms with Crippen LogP contribution in [-0.4, -0.2) is 28.5 Å². The number of unbranched alkanes of at least 4 members (excludes halogenated alkanes) is 1. The molecule has 0 radical (unpaired) electrons. The number of primary amides is 1. The second kappa shape index (κ2) is 6.01. The monoisotopic (exact) mass is 283 g/mol. The van der Waals surface area contributed by atoms with Crippen LogP contribution in [0.2, 0.25) is 0 Å². The summed E-state index contributed by atoms with van der Waals surface area (Å²) in [7, 11) is 0. The molecule has 1 aliphatic rings. The quantitative estimate of drug-likeness (QED) is 0.655. The van der Waals surface area contributed by atoms with Crippen molar-refractivity contribution in [1.29, 1.82) is 0 Å². The zero-order valence-corrected chi connectivity index (χ0v) is 11.3. The number of rotatable bonds is 7. The third kappa shape index (κ3) is 3.44. The van der Waals surface area contributed by atoms with Gasteiger partial charge in [-0.15, -0.1) is 11.3 Å². The molecule has 0 aromatic carbocycles. The summed E-state index contributed by atoms with van der Waals surface area (Å²) in [4.78, 5) is 27.0. The van der Waals surface area contributed by atoms with E-state index in [-0.39, 0.29) is 5.91 Å². The standard InChI is InChI=1S/C12H17N3O3S/c13-9(16)3-1-2-6-14-12-15-10-7(11(17)18)4-5-8(10)19-12/h7H,1-6H2,(H2,13,16)(H,14,15)(H,17,18). The summed E-state index contributed by atoms with van der Waals surface area (Å²) in [6, 6.07) is 0. The molecule has 104 valence electrons. The lowest BCUT2D eigenvalue weighted by atomic mass is 10.1. The number of aliphatic carboxylic acids is 1. The average molecular weight is 283 g/mol. The Morgan fingerprint density at radius 3 is 2.95 bits per heavy atom. The fourth-order valence-electron chi connectivity index (χ4n) is 2.16. The van der Waals surface area contributed by atoms with Crippen LogP contribution < -0.4 is 11.1 Å². The molecule has 1 aromatic rings. The van der Waals surface area contributed by atoms with Crippen molar-refractivity contribution in [2.24, 2.45) is 5.73 Å². The molecule has 2 rings (SSSR count). The molecule has 7 heteroatoms. The lowest BCUT2D eigenvalue weighted by Gasteiger charge is -2.03. The SMILES string of the molecule is NC(=O)CCCCNc1nc2c(s1)CCC2C(=O)O.